The first kappa shape index (κ1) is 20.3. The number of carbonyl (C=O) groups is 2. The van der Waals surface area contributed by atoms with Crippen molar-refractivity contribution in [1.29, 1.82) is 0 Å². The first-order valence-electron chi connectivity index (χ1n) is 8.86. The summed E-state index contributed by atoms with van der Waals surface area (Å²) in [5, 5.41) is 5.61. The molecule has 2 aromatic rings. The van der Waals surface area contributed by atoms with Crippen LogP contribution in [-0.2, 0) is 15.8 Å². The lowest BCUT2D eigenvalue weighted by molar-refractivity contribution is -0.123. The molecule has 1 saturated heterocycles. The minimum absolute atomic E-state index is 0.0140. The number of anilines is 1. The summed E-state index contributed by atoms with van der Waals surface area (Å²) in [5.41, 5.74) is 1.83. The van der Waals surface area contributed by atoms with Crippen LogP contribution in [0.25, 0.3) is 5.65 Å². The third-order valence-electron chi connectivity index (χ3n) is 5.08. The molecule has 0 aliphatic carbocycles. The van der Waals surface area contributed by atoms with Gasteiger partial charge in [0.15, 0.2) is 5.65 Å². The number of ether oxygens (including phenoxy) is 1. The Bertz CT molecular complexity index is 970. The monoisotopic (exact) mass is 407 g/mol. The van der Waals surface area contributed by atoms with E-state index < -0.39 is 21.8 Å². The zero-order valence-electron chi connectivity index (χ0n) is 16.6. The van der Waals surface area contributed by atoms with Gasteiger partial charge in [0.1, 0.15) is 12.3 Å². The van der Waals surface area contributed by atoms with E-state index >= 15 is 0 Å². The number of urea groups is 1. The van der Waals surface area contributed by atoms with Crippen molar-refractivity contribution < 1.29 is 18.5 Å². The molecule has 2 atom stereocenters. The lowest BCUT2D eigenvalue weighted by atomic mass is 9.96. The summed E-state index contributed by atoms with van der Waals surface area (Å²) in [6.07, 6.45) is 4.20. The number of hydrogen-bond donors (Lipinski definition) is 1. The number of rotatable bonds is 6. The van der Waals surface area contributed by atoms with Crippen LogP contribution in [0.1, 0.15) is 38.8 Å². The summed E-state index contributed by atoms with van der Waals surface area (Å²) < 4.78 is 18.4. The molecule has 3 amide bonds. The van der Waals surface area contributed by atoms with Crippen molar-refractivity contribution in [2.75, 3.05) is 25.6 Å². The van der Waals surface area contributed by atoms with Crippen LogP contribution in [0.3, 0.4) is 0 Å². The van der Waals surface area contributed by atoms with Gasteiger partial charge in [-0.05, 0) is 20.3 Å². The second kappa shape index (κ2) is 7.17. The predicted molar refractivity (Wildman–Crippen MR) is 107 cm³/mol. The second-order valence-electron chi connectivity index (χ2n) is 7.65. The molecule has 2 aromatic heterocycles. The number of imide groups is 1. The Labute approximate surface area is 166 Å². The molecule has 0 aromatic carbocycles. The molecular formula is C18H25N5O4S. The molecule has 1 unspecified atom stereocenters. The van der Waals surface area contributed by atoms with Crippen molar-refractivity contribution in [1.82, 2.24) is 14.3 Å². The van der Waals surface area contributed by atoms with Crippen LogP contribution in [-0.4, -0.2) is 55.9 Å². The van der Waals surface area contributed by atoms with E-state index in [1.54, 1.807) is 16.7 Å². The van der Waals surface area contributed by atoms with Gasteiger partial charge in [0.25, 0.3) is 0 Å². The van der Waals surface area contributed by atoms with E-state index in [1.165, 1.54) is 19.1 Å². The standard InChI is InChI=1S/C18H25N5O4S/c1-11(7-18(2,3)28(19)26)13-9-22-8-12(27-5)6-14(16(22)20-13)23-10-15(24)21(4)17(23)25/h6,8-9,11H,7,10,19H2,1-5H3/t11-,28?/m1/s1. The van der Waals surface area contributed by atoms with Crippen molar-refractivity contribution in [2.45, 2.75) is 37.9 Å². The minimum Gasteiger partial charge on any atom is -0.495 e. The highest BCUT2D eigenvalue weighted by Gasteiger charge is 2.36. The average Bonchev–Trinajstić information content (AvgIpc) is 3.17. The van der Waals surface area contributed by atoms with Gasteiger partial charge in [-0.15, -0.1) is 0 Å². The smallest absolute Gasteiger partial charge is 0.331 e. The number of nitrogens with two attached hydrogens (primary N) is 1. The Morgan fingerprint density at radius 3 is 2.57 bits per heavy atom. The Kier molecular flexibility index (Phi) is 5.20. The number of imidazole rings is 1. The van der Waals surface area contributed by atoms with Gasteiger partial charge in [0.05, 0.1) is 40.4 Å². The molecular weight excluding hydrogens is 382 g/mol. The number of methoxy groups -OCH3 is 1. The number of amides is 3. The quantitative estimate of drug-likeness (QED) is 0.732. The molecule has 9 nitrogen and oxygen atoms in total. The van der Waals surface area contributed by atoms with Crippen LogP contribution < -0.4 is 14.8 Å². The highest BCUT2D eigenvalue weighted by molar-refractivity contribution is 7.84. The number of carbonyl (C=O) groups excluding carboxylic acids is 2. The maximum atomic E-state index is 12.5. The molecule has 2 N–H and O–H groups in total. The molecule has 0 radical (unpaired) electrons. The largest absolute Gasteiger partial charge is 0.495 e. The molecule has 0 saturated carbocycles. The third-order valence-corrected chi connectivity index (χ3v) is 6.34. The maximum absolute atomic E-state index is 12.5. The Morgan fingerprint density at radius 1 is 1.36 bits per heavy atom. The zero-order valence-corrected chi connectivity index (χ0v) is 17.4. The van der Waals surface area contributed by atoms with Crippen molar-refractivity contribution in [3.05, 3.63) is 24.2 Å². The topological polar surface area (TPSA) is 110 Å². The van der Waals surface area contributed by atoms with Crippen molar-refractivity contribution in [2.24, 2.45) is 5.14 Å². The lowest BCUT2D eigenvalue weighted by Gasteiger charge is -2.24. The summed E-state index contributed by atoms with van der Waals surface area (Å²) in [7, 11) is 1.53. The average molecular weight is 407 g/mol. The second-order valence-corrected chi connectivity index (χ2v) is 9.35. The first-order valence-corrected chi connectivity index (χ1v) is 10.1. The summed E-state index contributed by atoms with van der Waals surface area (Å²) >= 11 is 0. The molecule has 3 rings (SSSR count). The fourth-order valence-electron chi connectivity index (χ4n) is 3.33. The summed E-state index contributed by atoms with van der Waals surface area (Å²) in [4.78, 5) is 31.6. The van der Waals surface area contributed by atoms with E-state index in [2.05, 4.69) is 0 Å². The van der Waals surface area contributed by atoms with E-state index in [0.29, 0.717) is 23.5 Å². The number of likely N-dealkylation sites (N-methyl/N-ethyl adjacent to an activating group) is 1. The Morgan fingerprint density at radius 2 is 2.04 bits per heavy atom. The number of fused-ring (bicyclic) bond motifs is 1. The van der Waals surface area contributed by atoms with Gasteiger partial charge in [-0.1, -0.05) is 6.92 Å². The highest BCUT2D eigenvalue weighted by atomic mass is 32.2. The third kappa shape index (κ3) is 3.49. The Balaban J connectivity index is 2.05. The lowest BCUT2D eigenvalue weighted by Crippen LogP contribution is -2.33. The van der Waals surface area contributed by atoms with E-state index in [0.717, 1.165) is 10.6 Å². The normalized spacial score (nSPS) is 17.5. The van der Waals surface area contributed by atoms with Crippen LogP contribution in [0.4, 0.5) is 10.5 Å². The summed E-state index contributed by atoms with van der Waals surface area (Å²) in [6.45, 7) is 5.66. The molecule has 28 heavy (non-hydrogen) atoms. The van der Waals surface area contributed by atoms with E-state index in [4.69, 9.17) is 14.9 Å². The molecule has 10 heteroatoms. The van der Waals surface area contributed by atoms with Crippen molar-refractivity contribution in [3.8, 4) is 5.75 Å². The minimum atomic E-state index is -1.46. The van der Waals surface area contributed by atoms with Crippen LogP contribution in [0.2, 0.25) is 0 Å². The van der Waals surface area contributed by atoms with Gasteiger partial charge >= 0.3 is 6.03 Å². The van der Waals surface area contributed by atoms with Gasteiger partial charge in [-0.25, -0.2) is 14.0 Å². The van der Waals surface area contributed by atoms with Crippen molar-refractivity contribution >= 4 is 34.3 Å². The molecule has 152 valence electrons. The van der Waals surface area contributed by atoms with Gasteiger partial charge in [-0.2, -0.15) is 0 Å². The van der Waals surface area contributed by atoms with Gasteiger partial charge in [-0.3, -0.25) is 19.7 Å². The molecule has 3 heterocycles. The van der Waals surface area contributed by atoms with E-state index in [9.17, 15) is 13.8 Å². The molecule has 0 spiro atoms. The summed E-state index contributed by atoms with van der Waals surface area (Å²) in [5.74, 6) is 0.246. The number of hydrogen-bond acceptors (Lipinski definition) is 5. The fraction of sp³-hybridized carbons (Fsp3) is 0.500. The van der Waals surface area contributed by atoms with Crippen LogP contribution >= 0.6 is 0 Å². The first-order chi connectivity index (χ1) is 13.0. The SMILES string of the molecule is COc1cc(N2CC(=O)N(C)C2=O)c2nc([C@H](C)CC(C)(C)S(N)=O)cn2c1. The van der Waals surface area contributed by atoms with Crippen LogP contribution in [0, 0.1) is 0 Å². The summed E-state index contributed by atoms with van der Waals surface area (Å²) in [6, 6.07) is 1.29. The molecule has 1 aliphatic rings. The van der Waals surface area contributed by atoms with Gasteiger partial charge < -0.3 is 9.14 Å². The van der Waals surface area contributed by atoms with Gasteiger partial charge in [0.2, 0.25) is 5.91 Å². The molecule has 0 bridgehead atoms. The van der Waals surface area contributed by atoms with Crippen molar-refractivity contribution in [3.63, 3.8) is 0 Å². The highest BCUT2D eigenvalue weighted by Crippen LogP contribution is 2.33. The number of pyridine rings is 1. The fourth-order valence-corrected chi connectivity index (χ4v) is 3.75. The van der Waals surface area contributed by atoms with Crippen LogP contribution in [0.5, 0.6) is 5.75 Å². The van der Waals surface area contributed by atoms with E-state index in [1.807, 2.05) is 27.0 Å². The predicted octanol–water partition coefficient (Wildman–Crippen LogP) is 1.64. The van der Waals surface area contributed by atoms with E-state index in [-0.39, 0.29) is 18.4 Å². The number of nitrogens with zero attached hydrogens (tertiary/aromatic N) is 4. The maximum Gasteiger partial charge on any atom is 0.331 e. The molecule has 1 fully saturated rings. The van der Waals surface area contributed by atoms with Gasteiger partial charge in [0, 0.05) is 25.2 Å². The Hall–Kier alpha value is -2.46. The van der Waals surface area contributed by atoms with Crippen LogP contribution in [0.15, 0.2) is 18.5 Å². The zero-order chi connectivity index (χ0) is 20.8. The number of aromatic nitrogens is 2. The molecule has 1 aliphatic heterocycles.